The van der Waals surface area contributed by atoms with Gasteiger partial charge in [-0.05, 0) is 37.8 Å². The van der Waals surface area contributed by atoms with Gasteiger partial charge in [-0.25, -0.2) is 0 Å². The first kappa shape index (κ1) is 22.1. The smallest absolute Gasteiger partial charge is 0.260 e. The SMILES string of the molecule is CC(C)C(=O)NC1CCCN(C(=O)C2CCN(C(=O)COc3ccccc3)CC2)C1. The number of likely N-dealkylation sites (tertiary alicyclic amines) is 2. The molecular weight excluding hydrogens is 382 g/mol. The summed E-state index contributed by atoms with van der Waals surface area (Å²) in [6, 6.07) is 9.34. The van der Waals surface area contributed by atoms with Gasteiger partial charge in [0.25, 0.3) is 5.91 Å². The Bertz CT molecular complexity index is 729. The van der Waals surface area contributed by atoms with E-state index in [2.05, 4.69) is 5.32 Å². The molecule has 1 N–H and O–H groups in total. The van der Waals surface area contributed by atoms with Crippen LogP contribution in [0.2, 0.25) is 0 Å². The summed E-state index contributed by atoms with van der Waals surface area (Å²) in [5, 5.41) is 3.06. The average Bonchev–Trinajstić information content (AvgIpc) is 2.78. The summed E-state index contributed by atoms with van der Waals surface area (Å²) in [6.07, 6.45) is 3.17. The molecule has 2 aliphatic heterocycles. The number of rotatable bonds is 6. The highest BCUT2D eigenvalue weighted by atomic mass is 16.5. The Morgan fingerprint density at radius 1 is 1.03 bits per heavy atom. The van der Waals surface area contributed by atoms with E-state index >= 15 is 0 Å². The minimum absolute atomic E-state index is 0.0198. The van der Waals surface area contributed by atoms with E-state index in [1.807, 2.05) is 49.1 Å². The van der Waals surface area contributed by atoms with Crippen LogP contribution in [0.3, 0.4) is 0 Å². The van der Waals surface area contributed by atoms with Crippen LogP contribution in [0.25, 0.3) is 0 Å². The number of ether oxygens (including phenoxy) is 1. The maximum Gasteiger partial charge on any atom is 0.260 e. The molecule has 1 aromatic carbocycles. The van der Waals surface area contributed by atoms with Crippen molar-refractivity contribution in [3.8, 4) is 5.75 Å². The van der Waals surface area contributed by atoms with Gasteiger partial charge in [0, 0.05) is 44.1 Å². The van der Waals surface area contributed by atoms with E-state index in [-0.39, 0.29) is 42.2 Å². The Hall–Kier alpha value is -2.57. The van der Waals surface area contributed by atoms with Gasteiger partial charge in [-0.3, -0.25) is 14.4 Å². The van der Waals surface area contributed by atoms with Gasteiger partial charge in [0.2, 0.25) is 11.8 Å². The fraction of sp³-hybridized carbons (Fsp3) is 0.609. The van der Waals surface area contributed by atoms with E-state index in [1.165, 1.54) is 0 Å². The Morgan fingerprint density at radius 3 is 2.40 bits per heavy atom. The highest BCUT2D eigenvalue weighted by Gasteiger charge is 2.33. The predicted octanol–water partition coefficient (Wildman–Crippen LogP) is 2.07. The second-order valence-electron chi connectivity index (χ2n) is 8.54. The predicted molar refractivity (Wildman–Crippen MR) is 114 cm³/mol. The average molecular weight is 416 g/mol. The molecule has 7 nitrogen and oxygen atoms in total. The third kappa shape index (κ3) is 5.97. The highest BCUT2D eigenvalue weighted by Crippen LogP contribution is 2.22. The number of nitrogens with one attached hydrogen (secondary N) is 1. The summed E-state index contributed by atoms with van der Waals surface area (Å²) >= 11 is 0. The van der Waals surface area contributed by atoms with E-state index in [1.54, 1.807) is 4.90 Å². The minimum atomic E-state index is -0.0522. The molecule has 164 valence electrons. The second kappa shape index (κ2) is 10.5. The molecule has 0 saturated carbocycles. The van der Waals surface area contributed by atoms with Crippen LogP contribution in [0.15, 0.2) is 30.3 Å². The lowest BCUT2D eigenvalue weighted by Crippen LogP contribution is -2.53. The molecule has 30 heavy (non-hydrogen) atoms. The number of amides is 3. The summed E-state index contributed by atoms with van der Waals surface area (Å²) in [6.45, 7) is 6.26. The number of hydrogen-bond donors (Lipinski definition) is 1. The van der Waals surface area contributed by atoms with Crippen LogP contribution in [-0.2, 0) is 14.4 Å². The third-order valence-corrected chi connectivity index (χ3v) is 5.91. The molecule has 3 amide bonds. The van der Waals surface area contributed by atoms with E-state index in [0.717, 1.165) is 19.4 Å². The molecular formula is C23H33N3O4. The van der Waals surface area contributed by atoms with Gasteiger partial charge in [0.15, 0.2) is 6.61 Å². The highest BCUT2D eigenvalue weighted by molar-refractivity contribution is 5.81. The molecule has 2 heterocycles. The van der Waals surface area contributed by atoms with Gasteiger partial charge in [-0.1, -0.05) is 32.0 Å². The number of hydrogen-bond acceptors (Lipinski definition) is 4. The van der Waals surface area contributed by atoms with E-state index in [0.29, 0.717) is 38.2 Å². The van der Waals surface area contributed by atoms with Crippen LogP contribution in [0.1, 0.15) is 39.5 Å². The molecule has 7 heteroatoms. The standard InChI is InChI=1S/C23H33N3O4/c1-17(2)22(28)24-19-7-6-12-26(15-19)23(29)18-10-13-25(14-11-18)21(27)16-30-20-8-4-3-5-9-20/h3-5,8-9,17-19H,6-7,10-16H2,1-2H3,(H,24,28). The monoisotopic (exact) mass is 415 g/mol. The summed E-state index contributed by atoms with van der Waals surface area (Å²) < 4.78 is 5.55. The normalized spacial score (nSPS) is 20.2. The van der Waals surface area contributed by atoms with E-state index in [4.69, 9.17) is 4.74 Å². The van der Waals surface area contributed by atoms with Crippen LogP contribution >= 0.6 is 0 Å². The van der Waals surface area contributed by atoms with Crippen molar-refractivity contribution in [3.63, 3.8) is 0 Å². The van der Waals surface area contributed by atoms with Crippen molar-refractivity contribution in [1.82, 2.24) is 15.1 Å². The maximum atomic E-state index is 13.0. The Morgan fingerprint density at radius 2 is 1.73 bits per heavy atom. The first-order chi connectivity index (χ1) is 14.4. The summed E-state index contributed by atoms with van der Waals surface area (Å²) in [4.78, 5) is 41.1. The Kier molecular flexibility index (Phi) is 7.71. The number of benzene rings is 1. The van der Waals surface area contributed by atoms with Gasteiger partial charge in [0.05, 0.1) is 0 Å². The second-order valence-corrected chi connectivity index (χ2v) is 8.54. The van der Waals surface area contributed by atoms with Crippen LogP contribution in [-0.4, -0.2) is 66.3 Å². The van der Waals surface area contributed by atoms with Gasteiger partial charge in [-0.2, -0.15) is 0 Å². The first-order valence-corrected chi connectivity index (χ1v) is 11.0. The van der Waals surface area contributed by atoms with Crippen LogP contribution < -0.4 is 10.1 Å². The number of carbonyl (C=O) groups is 3. The molecule has 0 aliphatic carbocycles. The molecule has 1 atom stereocenters. The van der Waals surface area contributed by atoms with E-state index < -0.39 is 0 Å². The topological polar surface area (TPSA) is 79.0 Å². The van der Waals surface area contributed by atoms with Crippen molar-refractivity contribution >= 4 is 17.7 Å². The molecule has 3 rings (SSSR count). The first-order valence-electron chi connectivity index (χ1n) is 11.0. The molecule has 0 spiro atoms. The van der Waals surface area contributed by atoms with Crippen LogP contribution in [0.5, 0.6) is 5.75 Å². The fourth-order valence-electron chi connectivity index (χ4n) is 4.05. The zero-order valence-corrected chi connectivity index (χ0v) is 18.0. The number of nitrogens with zero attached hydrogens (tertiary/aromatic N) is 2. The molecule has 1 unspecified atom stereocenters. The van der Waals surface area contributed by atoms with Gasteiger partial charge in [0.1, 0.15) is 5.75 Å². The largest absolute Gasteiger partial charge is 0.484 e. The Balaban J connectivity index is 1.43. The van der Waals surface area contributed by atoms with Crippen molar-refractivity contribution in [2.75, 3.05) is 32.8 Å². The van der Waals surface area contributed by atoms with Crippen molar-refractivity contribution < 1.29 is 19.1 Å². The van der Waals surface area contributed by atoms with Gasteiger partial charge in [-0.15, -0.1) is 0 Å². The lowest BCUT2D eigenvalue weighted by molar-refractivity contribution is -0.142. The lowest BCUT2D eigenvalue weighted by atomic mass is 9.93. The van der Waals surface area contributed by atoms with Crippen molar-refractivity contribution in [1.29, 1.82) is 0 Å². The zero-order valence-electron chi connectivity index (χ0n) is 18.0. The van der Waals surface area contributed by atoms with Crippen LogP contribution in [0, 0.1) is 11.8 Å². The molecule has 2 fully saturated rings. The van der Waals surface area contributed by atoms with Crippen molar-refractivity contribution in [3.05, 3.63) is 30.3 Å². The summed E-state index contributed by atoms with van der Waals surface area (Å²) in [5.74, 6) is 0.733. The van der Waals surface area contributed by atoms with Gasteiger partial charge >= 0.3 is 0 Å². The summed E-state index contributed by atoms with van der Waals surface area (Å²) in [7, 11) is 0. The molecule has 0 radical (unpaired) electrons. The van der Waals surface area contributed by atoms with Gasteiger partial charge < -0.3 is 19.9 Å². The number of piperidine rings is 2. The van der Waals surface area contributed by atoms with Crippen molar-refractivity contribution in [2.24, 2.45) is 11.8 Å². The van der Waals surface area contributed by atoms with Crippen molar-refractivity contribution in [2.45, 2.75) is 45.6 Å². The molecule has 2 saturated heterocycles. The third-order valence-electron chi connectivity index (χ3n) is 5.91. The minimum Gasteiger partial charge on any atom is -0.484 e. The molecule has 0 bridgehead atoms. The zero-order chi connectivity index (χ0) is 21.5. The summed E-state index contributed by atoms with van der Waals surface area (Å²) in [5.41, 5.74) is 0. The Labute approximate surface area is 178 Å². The molecule has 1 aromatic rings. The van der Waals surface area contributed by atoms with E-state index in [9.17, 15) is 14.4 Å². The maximum absolute atomic E-state index is 13.0. The lowest BCUT2D eigenvalue weighted by Gasteiger charge is -2.38. The molecule has 2 aliphatic rings. The molecule has 0 aromatic heterocycles. The van der Waals surface area contributed by atoms with Crippen LogP contribution in [0.4, 0.5) is 0 Å². The fourth-order valence-corrected chi connectivity index (χ4v) is 4.05. The number of para-hydroxylation sites is 1. The quantitative estimate of drug-likeness (QED) is 0.771. The number of carbonyl (C=O) groups excluding carboxylic acids is 3.